The highest BCUT2D eigenvalue weighted by Crippen LogP contribution is 2.09. The van der Waals surface area contributed by atoms with E-state index in [9.17, 15) is 5.11 Å². The fourth-order valence-electron chi connectivity index (χ4n) is 2.32. The van der Waals surface area contributed by atoms with Crippen LogP contribution in [0, 0.1) is 0 Å². The van der Waals surface area contributed by atoms with Gasteiger partial charge in [-0.2, -0.15) is 0 Å². The van der Waals surface area contributed by atoms with Gasteiger partial charge in [-0.3, -0.25) is 4.90 Å². The van der Waals surface area contributed by atoms with Crippen molar-refractivity contribution in [3.8, 4) is 0 Å². The Balaban J connectivity index is 1.71. The molecule has 0 spiro atoms. The van der Waals surface area contributed by atoms with Crippen molar-refractivity contribution in [1.29, 1.82) is 0 Å². The molecule has 2 heterocycles. The summed E-state index contributed by atoms with van der Waals surface area (Å²) in [4.78, 5) is 13.0. The van der Waals surface area contributed by atoms with E-state index in [0.29, 0.717) is 12.6 Å². The molecule has 6 nitrogen and oxygen atoms in total. The zero-order chi connectivity index (χ0) is 14.4. The first-order valence-corrected chi connectivity index (χ1v) is 7.31. The number of hydrogen-bond donors (Lipinski definition) is 2. The topological polar surface area (TPSA) is 64.5 Å². The van der Waals surface area contributed by atoms with Crippen molar-refractivity contribution in [2.24, 2.45) is 0 Å². The van der Waals surface area contributed by atoms with E-state index in [-0.39, 0.29) is 6.10 Å². The number of β-amino-alcohol motifs (C(OH)–C–C–N with tert-alkyl or cyclic N) is 1. The van der Waals surface area contributed by atoms with Crippen molar-refractivity contribution in [3.63, 3.8) is 0 Å². The number of aromatic nitrogens is 2. The number of piperazine rings is 1. The van der Waals surface area contributed by atoms with Gasteiger partial charge in [0.2, 0.25) is 5.95 Å². The van der Waals surface area contributed by atoms with Crippen LogP contribution in [-0.2, 0) is 0 Å². The molecule has 1 saturated heterocycles. The van der Waals surface area contributed by atoms with Crippen LogP contribution in [0.5, 0.6) is 0 Å². The van der Waals surface area contributed by atoms with Crippen LogP contribution in [0.4, 0.5) is 5.95 Å². The van der Waals surface area contributed by atoms with E-state index in [2.05, 4.69) is 38.9 Å². The third kappa shape index (κ3) is 4.70. The average molecular weight is 279 g/mol. The van der Waals surface area contributed by atoms with Crippen molar-refractivity contribution >= 4 is 5.95 Å². The van der Waals surface area contributed by atoms with Gasteiger partial charge in [0.25, 0.3) is 0 Å². The molecule has 6 heteroatoms. The molecular weight excluding hydrogens is 254 g/mol. The van der Waals surface area contributed by atoms with Crippen LogP contribution in [0.15, 0.2) is 18.5 Å². The van der Waals surface area contributed by atoms with Crippen LogP contribution in [0.25, 0.3) is 0 Å². The molecule has 0 bridgehead atoms. The van der Waals surface area contributed by atoms with E-state index >= 15 is 0 Å². The Labute approximate surface area is 120 Å². The molecule has 1 aliphatic rings. The van der Waals surface area contributed by atoms with Gasteiger partial charge in [-0.1, -0.05) is 13.8 Å². The van der Waals surface area contributed by atoms with Gasteiger partial charge in [-0.15, -0.1) is 0 Å². The molecule has 1 aromatic heterocycles. The van der Waals surface area contributed by atoms with E-state index in [4.69, 9.17) is 0 Å². The standard InChI is InChI=1S/C14H25N5O/c1-12(2)17-10-13(20)11-18-6-8-19(9-7-18)14-15-4-3-5-16-14/h3-5,12-13,17,20H,6-11H2,1-2H3. The van der Waals surface area contributed by atoms with Gasteiger partial charge in [-0.25, -0.2) is 9.97 Å². The number of hydrogen-bond acceptors (Lipinski definition) is 6. The zero-order valence-electron chi connectivity index (χ0n) is 12.4. The minimum atomic E-state index is -0.308. The highest BCUT2D eigenvalue weighted by molar-refractivity contribution is 5.29. The second-order valence-corrected chi connectivity index (χ2v) is 5.55. The second kappa shape index (κ2) is 7.52. The molecule has 0 amide bonds. The third-order valence-electron chi connectivity index (χ3n) is 3.44. The predicted octanol–water partition coefficient (Wildman–Crippen LogP) is -0.0425. The van der Waals surface area contributed by atoms with Gasteiger partial charge in [0, 0.05) is 57.7 Å². The highest BCUT2D eigenvalue weighted by atomic mass is 16.3. The Morgan fingerprint density at radius 1 is 1.20 bits per heavy atom. The normalized spacial score (nSPS) is 18.5. The summed E-state index contributed by atoms with van der Waals surface area (Å²) in [5.41, 5.74) is 0. The molecular formula is C14H25N5O. The Kier molecular flexibility index (Phi) is 5.70. The lowest BCUT2D eigenvalue weighted by Crippen LogP contribution is -2.50. The number of nitrogens with zero attached hydrogens (tertiary/aromatic N) is 4. The molecule has 20 heavy (non-hydrogen) atoms. The molecule has 2 rings (SSSR count). The van der Waals surface area contributed by atoms with Crippen LogP contribution in [0.1, 0.15) is 13.8 Å². The lowest BCUT2D eigenvalue weighted by molar-refractivity contribution is 0.106. The summed E-state index contributed by atoms with van der Waals surface area (Å²) in [7, 11) is 0. The molecule has 112 valence electrons. The molecule has 0 aliphatic carbocycles. The van der Waals surface area contributed by atoms with E-state index in [0.717, 1.165) is 38.7 Å². The fourth-order valence-corrected chi connectivity index (χ4v) is 2.32. The molecule has 0 radical (unpaired) electrons. The lowest BCUT2D eigenvalue weighted by atomic mass is 10.2. The summed E-state index contributed by atoms with van der Waals surface area (Å²) in [6, 6.07) is 2.24. The number of nitrogens with one attached hydrogen (secondary N) is 1. The molecule has 0 saturated carbocycles. The molecule has 2 N–H and O–H groups in total. The smallest absolute Gasteiger partial charge is 0.225 e. The van der Waals surface area contributed by atoms with Crippen molar-refractivity contribution < 1.29 is 5.11 Å². The number of anilines is 1. The van der Waals surface area contributed by atoms with Crippen LogP contribution in [-0.4, -0.2) is 71.4 Å². The molecule has 1 aliphatic heterocycles. The summed E-state index contributed by atoms with van der Waals surface area (Å²) in [5, 5.41) is 13.3. The average Bonchev–Trinajstić information content (AvgIpc) is 2.47. The highest BCUT2D eigenvalue weighted by Gasteiger charge is 2.20. The molecule has 1 atom stereocenters. The fraction of sp³-hybridized carbons (Fsp3) is 0.714. The molecule has 0 aromatic carbocycles. The maximum Gasteiger partial charge on any atom is 0.225 e. The summed E-state index contributed by atoms with van der Waals surface area (Å²) < 4.78 is 0. The van der Waals surface area contributed by atoms with Crippen LogP contribution in [0.3, 0.4) is 0 Å². The summed E-state index contributed by atoms with van der Waals surface area (Å²) >= 11 is 0. The molecule has 1 fully saturated rings. The second-order valence-electron chi connectivity index (χ2n) is 5.55. The van der Waals surface area contributed by atoms with E-state index in [1.165, 1.54) is 0 Å². The van der Waals surface area contributed by atoms with Crippen LogP contribution >= 0.6 is 0 Å². The van der Waals surface area contributed by atoms with Gasteiger partial charge >= 0.3 is 0 Å². The van der Waals surface area contributed by atoms with Crippen LogP contribution < -0.4 is 10.2 Å². The SMILES string of the molecule is CC(C)NCC(O)CN1CCN(c2ncccn2)CC1. The first-order valence-electron chi connectivity index (χ1n) is 7.31. The van der Waals surface area contributed by atoms with Crippen molar-refractivity contribution in [2.45, 2.75) is 26.0 Å². The minimum Gasteiger partial charge on any atom is -0.390 e. The maximum atomic E-state index is 9.99. The van der Waals surface area contributed by atoms with Gasteiger partial charge in [0.15, 0.2) is 0 Å². The summed E-state index contributed by atoms with van der Waals surface area (Å²) in [6.07, 6.45) is 3.24. The number of aliphatic hydroxyl groups excluding tert-OH is 1. The lowest BCUT2D eigenvalue weighted by Gasteiger charge is -2.35. The van der Waals surface area contributed by atoms with Gasteiger partial charge in [0.1, 0.15) is 0 Å². The number of aliphatic hydroxyl groups is 1. The monoisotopic (exact) mass is 279 g/mol. The van der Waals surface area contributed by atoms with Gasteiger partial charge in [-0.05, 0) is 6.07 Å². The Morgan fingerprint density at radius 2 is 1.85 bits per heavy atom. The quantitative estimate of drug-likeness (QED) is 0.762. The van der Waals surface area contributed by atoms with E-state index < -0.39 is 0 Å². The Morgan fingerprint density at radius 3 is 2.45 bits per heavy atom. The predicted molar refractivity (Wildman–Crippen MR) is 79.8 cm³/mol. The molecule has 1 aromatic rings. The zero-order valence-corrected chi connectivity index (χ0v) is 12.4. The van der Waals surface area contributed by atoms with Gasteiger partial charge < -0.3 is 15.3 Å². The third-order valence-corrected chi connectivity index (χ3v) is 3.44. The van der Waals surface area contributed by atoms with E-state index in [1.54, 1.807) is 12.4 Å². The van der Waals surface area contributed by atoms with E-state index in [1.807, 2.05) is 6.07 Å². The van der Waals surface area contributed by atoms with Crippen LogP contribution in [0.2, 0.25) is 0 Å². The van der Waals surface area contributed by atoms with Gasteiger partial charge in [0.05, 0.1) is 6.10 Å². The largest absolute Gasteiger partial charge is 0.390 e. The first kappa shape index (κ1) is 15.2. The maximum absolute atomic E-state index is 9.99. The summed E-state index contributed by atoms with van der Waals surface area (Å²) in [5.74, 6) is 0.800. The van der Waals surface area contributed by atoms with Crippen molar-refractivity contribution in [1.82, 2.24) is 20.2 Å². The van der Waals surface area contributed by atoms with Crippen molar-refractivity contribution in [3.05, 3.63) is 18.5 Å². The summed E-state index contributed by atoms with van der Waals surface area (Å²) in [6.45, 7) is 9.26. The minimum absolute atomic E-state index is 0.308. The number of rotatable bonds is 6. The van der Waals surface area contributed by atoms with Crippen molar-refractivity contribution in [2.75, 3.05) is 44.2 Å². The Bertz CT molecular complexity index is 378. The molecule has 1 unspecified atom stereocenters. The first-order chi connectivity index (χ1) is 9.65. The Hall–Kier alpha value is -1.24.